The van der Waals surface area contributed by atoms with Crippen LogP contribution in [0.5, 0.6) is 5.88 Å². The summed E-state index contributed by atoms with van der Waals surface area (Å²) >= 11 is 0. The molecule has 4 heterocycles. The van der Waals surface area contributed by atoms with Gasteiger partial charge in [-0.2, -0.15) is 4.98 Å². The summed E-state index contributed by atoms with van der Waals surface area (Å²) in [5.41, 5.74) is 1.93. The number of amides is 1. The average molecular weight is 470 g/mol. The Morgan fingerprint density at radius 2 is 2.12 bits per heavy atom. The maximum absolute atomic E-state index is 14.7. The van der Waals surface area contributed by atoms with E-state index in [-0.39, 0.29) is 30.3 Å². The number of carbonyl (C=O) groups excluding carboxylic acids is 1. The maximum Gasteiger partial charge on any atom is 0.285 e. The second-order valence-electron chi connectivity index (χ2n) is 8.19. The second kappa shape index (κ2) is 8.15. The Bertz CT molecular complexity index is 1410. The molecule has 8 nitrogen and oxygen atoms in total. The van der Waals surface area contributed by atoms with Crippen LogP contribution in [0, 0.1) is 5.82 Å². The van der Waals surface area contributed by atoms with Crippen LogP contribution in [0.15, 0.2) is 42.7 Å². The van der Waals surface area contributed by atoms with Crippen molar-refractivity contribution in [3.63, 3.8) is 0 Å². The number of piperidine rings is 1. The molecule has 1 fully saturated rings. The number of anilines is 1. The Hall–Kier alpha value is -3.89. The van der Waals surface area contributed by atoms with Crippen molar-refractivity contribution in [2.24, 2.45) is 0 Å². The number of fused-ring (bicyclic) bond motifs is 2. The minimum Gasteiger partial charge on any atom is -0.479 e. The first-order chi connectivity index (χ1) is 16.3. The molecule has 0 radical (unpaired) electrons. The van der Waals surface area contributed by atoms with Crippen LogP contribution in [-0.2, 0) is 4.79 Å². The van der Waals surface area contributed by atoms with Crippen LogP contribution < -0.4 is 10.1 Å². The van der Waals surface area contributed by atoms with Crippen molar-refractivity contribution >= 4 is 28.3 Å². The van der Waals surface area contributed by atoms with E-state index in [2.05, 4.69) is 20.4 Å². The van der Waals surface area contributed by atoms with Crippen molar-refractivity contribution in [2.45, 2.75) is 25.3 Å². The van der Waals surface area contributed by atoms with E-state index in [1.165, 1.54) is 30.8 Å². The third kappa shape index (κ3) is 3.76. The molecule has 11 heteroatoms. The number of nitrogens with zero attached hydrogens (tertiary/aromatic N) is 5. The monoisotopic (exact) mass is 470 g/mol. The van der Waals surface area contributed by atoms with Gasteiger partial charge in [-0.05, 0) is 36.2 Å². The molecule has 0 unspecified atom stereocenters. The molecule has 3 aromatic heterocycles. The fraction of sp³-hybridized carbons (Fsp3) is 0.304. The summed E-state index contributed by atoms with van der Waals surface area (Å²) in [6.45, 7) is 0.806. The number of ether oxygens (including phenoxy) is 1. The third-order valence-corrected chi connectivity index (χ3v) is 5.99. The van der Waals surface area contributed by atoms with E-state index in [0.717, 1.165) is 4.90 Å². The van der Waals surface area contributed by atoms with Crippen LogP contribution in [0.25, 0.3) is 27.5 Å². The highest BCUT2D eigenvalue weighted by molar-refractivity contribution is 5.91. The minimum absolute atomic E-state index is 0.0393. The molecule has 1 N–H and O–H groups in total. The highest BCUT2D eigenvalue weighted by atomic mass is 19.3. The number of aromatic nitrogens is 4. The number of nitrogens with one attached hydrogen (secondary N) is 1. The number of pyridine rings is 1. The fourth-order valence-corrected chi connectivity index (χ4v) is 4.27. The van der Waals surface area contributed by atoms with Crippen LogP contribution in [-0.4, -0.2) is 62.6 Å². The molecule has 1 amide bonds. The predicted molar refractivity (Wildman–Crippen MR) is 119 cm³/mol. The van der Waals surface area contributed by atoms with Crippen LogP contribution in [0.1, 0.15) is 13.3 Å². The first kappa shape index (κ1) is 21.9. The van der Waals surface area contributed by atoms with E-state index in [0.29, 0.717) is 22.0 Å². The number of likely N-dealkylation sites (tertiary alicyclic amines) is 1. The lowest BCUT2D eigenvalue weighted by Crippen LogP contribution is -2.55. The summed E-state index contributed by atoms with van der Waals surface area (Å²) in [7, 11) is 1.41. The molecule has 1 atom stereocenters. The van der Waals surface area contributed by atoms with Gasteiger partial charge in [-0.1, -0.05) is 6.07 Å². The van der Waals surface area contributed by atoms with Crippen molar-refractivity contribution in [3.05, 3.63) is 48.5 Å². The first-order valence-electron chi connectivity index (χ1n) is 10.6. The van der Waals surface area contributed by atoms with Crippen LogP contribution >= 0.6 is 0 Å². The Morgan fingerprint density at radius 1 is 1.29 bits per heavy atom. The fourth-order valence-electron chi connectivity index (χ4n) is 4.27. The molecule has 1 aliphatic heterocycles. The third-order valence-electron chi connectivity index (χ3n) is 5.99. The summed E-state index contributed by atoms with van der Waals surface area (Å²) in [5, 5.41) is 7.66. The van der Waals surface area contributed by atoms with Gasteiger partial charge in [0.25, 0.3) is 5.92 Å². The molecule has 1 saturated heterocycles. The number of hydrogen-bond acceptors (Lipinski definition) is 6. The van der Waals surface area contributed by atoms with Crippen molar-refractivity contribution in [1.82, 2.24) is 24.5 Å². The quantitative estimate of drug-likeness (QED) is 0.489. The summed E-state index contributed by atoms with van der Waals surface area (Å²) in [6.07, 6.45) is 3.19. The Morgan fingerprint density at radius 3 is 2.85 bits per heavy atom. The van der Waals surface area contributed by atoms with Crippen LogP contribution in [0.4, 0.5) is 19.1 Å². The van der Waals surface area contributed by atoms with Gasteiger partial charge in [0.05, 0.1) is 19.7 Å². The van der Waals surface area contributed by atoms with Gasteiger partial charge < -0.3 is 15.0 Å². The lowest BCUT2D eigenvalue weighted by atomic mass is 10.0. The molecular formula is C23H21F3N6O2. The smallest absolute Gasteiger partial charge is 0.285 e. The number of halogens is 3. The Labute approximate surface area is 192 Å². The molecule has 34 heavy (non-hydrogen) atoms. The van der Waals surface area contributed by atoms with Crippen molar-refractivity contribution in [3.8, 4) is 17.0 Å². The maximum atomic E-state index is 14.7. The zero-order valence-corrected chi connectivity index (χ0v) is 18.4. The normalized spacial score (nSPS) is 17.8. The van der Waals surface area contributed by atoms with Gasteiger partial charge in [0.2, 0.25) is 17.7 Å². The summed E-state index contributed by atoms with van der Waals surface area (Å²) < 4.78 is 50.9. The Balaban J connectivity index is 1.51. The highest BCUT2D eigenvalue weighted by Gasteiger charge is 2.45. The SMILES string of the molecule is COc1nc(N[C@@H]2CCN(C(C)=O)CC2(F)F)nn2ccc(-c3cc(F)c4ncccc4c3)c12. The van der Waals surface area contributed by atoms with Crippen molar-refractivity contribution in [1.29, 1.82) is 0 Å². The zero-order chi connectivity index (χ0) is 24.0. The molecule has 0 aliphatic carbocycles. The highest BCUT2D eigenvalue weighted by Crippen LogP contribution is 2.35. The van der Waals surface area contributed by atoms with Gasteiger partial charge >= 0.3 is 0 Å². The number of methoxy groups -OCH3 is 1. The van der Waals surface area contributed by atoms with E-state index >= 15 is 0 Å². The topological polar surface area (TPSA) is 84.6 Å². The predicted octanol–water partition coefficient (Wildman–Crippen LogP) is 3.76. The molecule has 1 aliphatic rings. The minimum atomic E-state index is -3.16. The first-order valence-corrected chi connectivity index (χ1v) is 10.6. The van der Waals surface area contributed by atoms with Gasteiger partial charge in [0.15, 0.2) is 0 Å². The second-order valence-corrected chi connectivity index (χ2v) is 8.19. The number of carbonyl (C=O) groups is 1. The van der Waals surface area contributed by atoms with Crippen LogP contribution in [0.3, 0.4) is 0 Å². The molecule has 0 bridgehead atoms. The van der Waals surface area contributed by atoms with E-state index in [4.69, 9.17) is 4.74 Å². The van der Waals surface area contributed by atoms with Crippen molar-refractivity contribution in [2.75, 3.05) is 25.5 Å². The van der Waals surface area contributed by atoms with Crippen LogP contribution in [0.2, 0.25) is 0 Å². The lowest BCUT2D eigenvalue weighted by Gasteiger charge is -2.38. The molecule has 1 aromatic carbocycles. The van der Waals surface area contributed by atoms with Gasteiger partial charge in [0, 0.05) is 36.8 Å². The number of hydrogen-bond donors (Lipinski definition) is 1. The van der Waals surface area contributed by atoms with E-state index in [1.54, 1.807) is 30.5 Å². The standard InChI is InChI=1S/C23H21F3N6O2/c1-13(33)31-8-6-18(23(25,26)12-31)28-22-29-21(34-2)20-16(5-9-32(20)30-22)15-10-14-4-3-7-27-19(14)17(24)11-15/h3-5,7,9-11,18H,6,8,12H2,1-2H3,(H,28,30)/t18-/m1/s1. The number of alkyl halides is 2. The Kier molecular flexibility index (Phi) is 5.26. The molecular weight excluding hydrogens is 449 g/mol. The lowest BCUT2D eigenvalue weighted by molar-refractivity contribution is -0.140. The number of rotatable bonds is 4. The average Bonchev–Trinajstić information content (AvgIpc) is 3.23. The summed E-state index contributed by atoms with van der Waals surface area (Å²) in [6, 6.07) is 7.15. The summed E-state index contributed by atoms with van der Waals surface area (Å²) in [5.74, 6) is -3.91. The van der Waals surface area contributed by atoms with Gasteiger partial charge in [-0.25, -0.2) is 17.7 Å². The summed E-state index contributed by atoms with van der Waals surface area (Å²) in [4.78, 5) is 21.0. The van der Waals surface area contributed by atoms with E-state index < -0.39 is 30.2 Å². The van der Waals surface area contributed by atoms with E-state index in [1.807, 2.05) is 0 Å². The number of benzene rings is 1. The molecule has 176 valence electrons. The molecule has 5 rings (SSSR count). The van der Waals surface area contributed by atoms with Gasteiger partial charge in [-0.3, -0.25) is 9.78 Å². The van der Waals surface area contributed by atoms with Gasteiger partial charge in [-0.15, -0.1) is 5.10 Å². The molecule has 0 saturated carbocycles. The van der Waals surface area contributed by atoms with E-state index in [9.17, 15) is 18.0 Å². The van der Waals surface area contributed by atoms with Crippen molar-refractivity contribution < 1.29 is 22.7 Å². The molecule has 4 aromatic rings. The van der Waals surface area contributed by atoms with Gasteiger partial charge in [0.1, 0.15) is 16.9 Å². The largest absolute Gasteiger partial charge is 0.479 e. The zero-order valence-electron chi connectivity index (χ0n) is 18.4. The molecule has 0 spiro atoms.